The molecular weight excluding hydrogens is 316 g/mol. The number of hydrogen-bond donors (Lipinski definition) is 0. The van der Waals surface area contributed by atoms with Crippen LogP contribution in [-0.2, 0) is 0 Å². The van der Waals surface area contributed by atoms with E-state index in [0.717, 1.165) is 0 Å². The highest BCUT2D eigenvalue weighted by Gasteiger charge is 2.34. The average Bonchev–Trinajstić information content (AvgIpc) is 2.76. The van der Waals surface area contributed by atoms with E-state index in [4.69, 9.17) is 0 Å². The van der Waals surface area contributed by atoms with Crippen LogP contribution in [0.1, 0.15) is 11.1 Å². The van der Waals surface area contributed by atoms with E-state index in [1.165, 1.54) is 32.7 Å². The van der Waals surface area contributed by atoms with Gasteiger partial charge in [0.05, 0.1) is 0 Å². The summed E-state index contributed by atoms with van der Waals surface area (Å²) in [6.45, 7) is 5.02. The summed E-state index contributed by atoms with van der Waals surface area (Å²) in [5, 5.41) is 8.66. The van der Waals surface area contributed by atoms with Crippen molar-refractivity contribution < 1.29 is 0 Å². The van der Waals surface area contributed by atoms with Crippen LogP contribution in [0.3, 0.4) is 0 Å². The van der Waals surface area contributed by atoms with Gasteiger partial charge in [0, 0.05) is 0 Å². The molecule has 0 bridgehead atoms. The van der Waals surface area contributed by atoms with Crippen molar-refractivity contribution in [1.29, 1.82) is 0 Å². The lowest BCUT2D eigenvalue weighted by atomic mass is 10.0. The molecule has 120 valence electrons. The fourth-order valence-electron chi connectivity index (χ4n) is 4.55. The van der Waals surface area contributed by atoms with Gasteiger partial charge in [0.1, 0.15) is 8.07 Å². The van der Waals surface area contributed by atoms with E-state index in [1.807, 2.05) is 0 Å². The molecule has 0 radical (unpaired) electrons. The molecular formula is C24H20Si. The molecule has 0 spiro atoms. The predicted molar refractivity (Wildman–Crippen MR) is 114 cm³/mol. The summed E-state index contributed by atoms with van der Waals surface area (Å²) in [5.74, 6) is 0. The van der Waals surface area contributed by atoms with Gasteiger partial charge in [-0.05, 0) is 43.0 Å². The van der Waals surface area contributed by atoms with Gasteiger partial charge >= 0.3 is 0 Å². The van der Waals surface area contributed by atoms with Gasteiger partial charge in [-0.3, -0.25) is 0 Å². The quantitative estimate of drug-likeness (QED) is 0.382. The van der Waals surface area contributed by atoms with Crippen molar-refractivity contribution in [3.8, 4) is 0 Å². The first kappa shape index (κ1) is 14.7. The molecule has 0 aliphatic carbocycles. The molecule has 0 saturated carbocycles. The second kappa shape index (κ2) is 5.17. The molecule has 0 nitrogen and oxygen atoms in total. The fourth-order valence-corrected chi connectivity index (χ4v) is 8.38. The largest absolute Gasteiger partial charge is 0.115 e. The Kier molecular flexibility index (Phi) is 3.04. The monoisotopic (exact) mass is 336 g/mol. The maximum absolute atomic E-state index is 2.51. The third-order valence-corrected chi connectivity index (χ3v) is 9.23. The van der Waals surface area contributed by atoms with Crippen LogP contribution in [0.2, 0.25) is 13.1 Å². The SMILES string of the molecule is C[Si]1(C)c2c(ccc3ccccc23)C=Cc2ccc3ccccc3c21. The average molecular weight is 337 g/mol. The lowest BCUT2D eigenvalue weighted by Gasteiger charge is -2.29. The molecule has 4 aromatic rings. The maximum Gasteiger partial charge on any atom is 0.115 e. The molecule has 0 amide bonds. The molecule has 0 fully saturated rings. The minimum atomic E-state index is -1.87. The van der Waals surface area contributed by atoms with E-state index in [1.54, 1.807) is 10.4 Å². The van der Waals surface area contributed by atoms with E-state index >= 15 is 0 Å². The van der Waals surface area contributed by atoms with Crippen LogP contribution >= 0.6 is 0 Å². The molecule has 0 N–H and O–H groups in total. The summed E-state index contributed by atoms with van der Waals surface area (Å²) in [6.07, 6.45) is 4.63. The first-order valence-corrected chi connectivity index (χ1v) is 11.9. The smallest absolute Gasteiger partial charge is 0.0616 e. The number of benzene rings is 4. The van der Waals surface area contributed by atoms with Crippen molar-refractivity contribution in [3.05, 3.63) is 83.9 Å². The summed E-state index contributed by atoms with van der Waals surface area (Å²) in [7, 11) is -1.87. The molecule has 0 saturated heterocycles. The van der Waals surface area contributed by atoms with Crippen molar-refractivity contribution in [2.75, 3.05) is 0 Å². The number of fused-ring (bicyclic) bond motifs is 6. The van der Waals surface area contributed by atoms with Gasteiger partial charge in [0.15, 0.2) is 0 Å². The Labute approximate surface area is 149 Å². The first-order valence-electron chi connectivity index (χ1n) is 8.89. The van der Waals surface area contributed by atoms with Crippen LogP contribution in [0.5, 0.6) is 0 Å². The molecule has 0 aromatic heterocycles. The molecule has 0 unspecified atom stereocenters. The highest BCUT2D eigenvalue weighted by molar-refractivity contribution is 7.04. The molecule has 1 heterocycles. The van der Waals surface area contributed by atoms with Crippen molar-refractivity contribution >= 4 is 52.1 Å². The van der Waals surface area contributed by atoms with E-state index in [-0.39, 0.29) is 0 Å². The van der Waals surface area contributed by atoms with Gasteiger partial charge < -0.3 is 0 Å². The third-order valence-electron chi connectivity index (χ3n) is 5.61. The van der Waals surface area contributed by atoms with Crippen LogP contribution in [0.4, 0.5) is 0 Å². The van der Waals surface area contributed by atoms with Crippen molar-refractivity contribution in [3.63, 3.8) is 0 Å². The summed E-state index contributed by atoms with van der Waals surface area (Å²) >= 11 is 0. The molecule has 25 heavy (non-hydrogen) atoms. The molecule has 0 atom stereocenters. The molecule has 5 rings (SSSR count). The predicted octanol–water partition coefficient (Wildman–Crippen LogP) is 5.30. The summed E-state index contributed by atoms with van der Waals surface area (Å²) in [6, 6.07) is 26.8. The van der Waals surface area contributed by atoms with Crippen LogP contribution in [0, 0.1) is 0 Å². The van der Waals surface area contributed by atoms with E-state index < -0.39 is 8.07 Å². The zero-order valence-electron chi connectivity index (χ0n) is 14.6. The van der Waals surface area contributed by atoms with Gasteiger partial charge in [-0.2, -0.15) is 0 Å². The lowest BCUT2D eigenvalue weighted by molar-refractivity contribution is 1.69. The van der Waals surface area contributed by atoms with Crippen molar-refractivity contribution in [2.24, 2.45) is 0 Å². The molecule has 1 aliphatic heterocycles. The topological polar surface area (TPSA) is 0 Å². The molecule has 1 aliphatic rings. The van der Waals surface area contributed by atoms with Crippen LogP contribution in [0.15, 0.2) is 72.8 Å². The van der Waals surface area contributed by atoms with Crippen LogP contribution < -0.4 is 10.4 Å². The van der Waals surface area contributed by atoms with Gasteiger partial charge in [0.2, 0.25) is 0 Å². The first-order chi connectivity index (χ1) is 12.2. The second-order valence-corrected chi connectivity index (χ2v) is 11.7. The summed E-state index contributed by atoms with van der Waals surface area (Å²) < 4.78 is 0. The zero-order valence-corrected chi connectivity index (χ0v) is 15.6. The second-order valence-electron chi connectivity index (χ2n) is 7.46. The highest BCUT2D eigenvalue weighted by Crippen LogP contribution is 2.27. The lowest BCUT2D eigenvalue weighted by Crippen LogP contribution is -2.55. The summed E-state index contributed by atoms with van der Waals surface area (Å²) in [5.41, 5.74) is 2.77. The Bertz CT molecular complexity index is 1070. The highest BCUT2D eigenvalue weighted by atomic mass is 28.3. The Balaban J connectivity index is 1.96. The van der Waals surface area contributed by atoms with Crippen LogP contribution in [0.25, 0.3) is 33.7 Å². The fraction of sp³-hybridized carbons (Fsp3) is 0.0833. The molecule has 1 heteroatoms. The minimum Gasteiger partial charge on any atom is -0.0616 e. The van der Waals surface area contributed by atoms with Gasteiger partial charge in [-0.15, -0.1) is 0 Å². The Morgan fingerprint density at radius 2 is 0.960 bits per heavy atom. The third kappa shape index (κ3) is 2.06. The van der Waals surface area contributed by atoms with E-state index in [2.05, 4.69) is 98.0 Å². The summed E-state index contributed by atoms with van der Waals surface area (Å²) in [4.78, 5) is 0. The number of rotatable bonds is 0. The Morgan fingerprint density at radius 1 is 0.520 bits per heavy atom. The van der Waals surface area contributed by atoms with Crippen molar-refractivity contribution in [1.82, 2.24) is 0 Å². The normalized spacial score (nSPS) is 15.0. The zero-order chi connectivity index (χ0) is 17.0. The van der Waals surface area contributed by atoms with Gasteiger partial charge in [0.25, 0.3) is 0 Å². The minimum absolute atomic E-state index is 1.35. The standard InChI is InChI=1S/C24H20Si/c1-25(2)23-19(13-11-17-7-3-5-9-21(17)23)15-16-20-14-12-18-8-4-6-10-22(18)24(20)25/h3-16H,1-2H3. The maximum atomic E-state index is 2.51. The van der Waals surface area contributed by atoms with E-state index in [9.17, 15) is 0 Å². The van der Waals surface area contributed by atoms with Gasteiger partial charge in [-0.25, -0.2) is 0 Å². The Hall–Kier alpha value is -2.64. The van der Waals surface area contributed by atoms with Crippen molar-refractivity contribution in [2.45, 2.75) is 13.1 Å². The number of hydrogen-bond acceptors (Lipinski definition) is 0. The Morgan fingerprint density at radius 3 is 1.44 bits per heavy atom. The van der Waals surface area contributed by atoms with Gasteiger partial charge in [-0.1, -0.05) is 98.0 Å². The van der Waals surface area contributed by atoms with Crippen LogP contribution in [-0.4, -0.2) is 8.07 Å². The van der Waals surface area contributed by atoms with E-state index in [0.29, 0.717) is 0 Å². The molecule has 4 aromatic carbocycles.